The van der Waals surface area contributed by atoms with Crippen molar-refractivity contribution in [3.05, 3.63) is 120 Å². The lowest BCUT2D eigenvalue weighted by Crippen LogP contribution is -2.15. The molecule has 0 bridgehead atoms. The van der Waals surface area contributed by atoms with Gasteiger partial charge < -0.3 is 4.98 Å². The van der Waals surface area contributed by atoms with Gasteiger partial charge in [-0.15, -0.1) is 0 Å². The van der Waals surface area contributed by atoms with Crippen molar-refractivity contribution in [2.45, 2.75) is 59.1 Å². The van der Waals surface area contributed by atoms with E-state index in [1.54, 1.807) is 0 Å². The molecular formula is C37H33N3S2. The third-order valence-corrected chi connectivity index (χ3v) is 10.9. The van der Waals surface area contributed by atoms with E-state index in [0.29, 0.717) is 0 Å². The summed E-state index contributed by atoms with van der Waals surface area (Å²) in [5, 5.41) is 9.35. The summed E-state index contributed by atoms with van der Waals surface area (Å²) in [6, 6.07) is 26.8. The predicted molar refractivity (Wildman–Crippen MR) is 180 cm³/mol. The fourth-order valence-electron chi connectivity index (χ4n) is 6.31. The van der Waals surface area contributed by atoms with Crippen LogP contribution in [0.25, 0.3) is 38.5 Å². The Morgan fingerprint density at radius 3 is 2.33 bits per heavy atom. The van der Waals surface area contributed by atoms with Crippen LogP contribution in [-0.4, -0.2) is 15.2 Å². The van der Waals surface area contributed by atoms with Crippen LogP contribution in [0.4, 0.5) is 0 Å². The first-order valence-corrected chi connectivity index (χ1v) is 16.1. The van der Waals surface area contributed by atoms with Crippen molar-refractivity contribution in [1.82, 2.24) is 15.2 Å². The molecule has 0 radical (unpaired) electrons. The molecule has 8 rings (SSSR count). The maximum absolute atomic E-state index is 3.90. The highest BCUT2D eigenvalue weighted by atomic mass is 32.2. The number of rotatable bonds is 3. The van der Waals surface area contributed by atoms with Crippen molar-refractivity contribution in [2.24, 2.45) is 0 Å². The summed E-state index contributed by atoms with van der Waals surface area (Å²) in [7, 11) is 0. The van der Waals surface area contributed by atoms with Crippen molar-refractivity contribution in [2.75, 3.05) is 0 Å². The molecule has 0 atom stereocenters. The van der Waals surface area contributed by atoms with Gasteiger partial charge in [0.1, 0.15) is 0 Å². The summed E-state index contributed by atoms with van der Waals surface area (Å²) in [4.78, 5) is 9.29. The minimum atomic E-state index is -0.0130. The van der Waals surface area contributed by atoms with Gasteiger partial charge >= 0.3 is 0 Å². The molecule has 0 amide bonds. The van der Waals surface area contributed by atoms with Gasteiger partial charge in [-0.3, -0.25) is 5.10 Å². The normalized spacial score (nSPS) is 14.8. The molecule has 6 aromatic rings. The molecule has 3 heterocycles. The topological polar surface area (TPSA) is 44.5 Å². The van der Waals surface area contributed by atoms with Gasteiger partial charge in [0.25, 0.3) is 0 Å². The zero-order valence-corrected chi connectivity index (χ0v) is 25.9. The Balaban J connectivity index is 0.000000204. The Bertz CT molecular complexity index is 2010. The Kier molecular flexibility index (Phi) is 6.88. The number of hydrogen-bond acceptors (Lipinski definition) is 3. The minimum Gasteiger partial charge on any atom is -0.353 e. The lowest BCUT2D eigenvalue weighted by molar-refractivity contribution is 0.665. The summed E-state index contributed by atoms with van der Waals surface area (Å²) in [5.41, 5.74) is 10.5. The third kappa shape index (κ3) is 4.34. The maximum Gasteiger partial charge on any atom is 0.0618 e. The molecule has 3 nitrogen and oxygen atoms in total. The largest absolute Gasteiger partial charge is 0.353 e. The van der Waals surface area contributed by atoms with Crippen LogP contribution in [0.5, 0.6) is 0 Å². The second-order valence-corrected chi connectivity index (χ2v) is 13.4. The van der Waals surface area contributed by atoms with Gasteiger partial charge in [-0.1, -0.05) is 117 Å². The van der Waals surface area contributed by atoms with Crippen LogP contribution < -0.4 is 0 Å². The summed E-state index contributed by atoms with van der Waals surface area (Å²) < 4.78 is 0. The van der Waals surface area contributed by atoms with E-state index in [0.717, 1.165) is 12.0 Å². The number of fused-ring (bicyclic) bond motifs is 10. The summed E-state index contributed by atoms with van der Waals surface area (Å²) >= 11 is 3.78. The van der Waals surface area contributed by atoms with E-state index in [2.05, 4.69) is 127 Å². The molecule has 0 saturated carbocycles. The second-order valence-electron chi connectivity index (χ2n) is 11.2. The van der Waals surface area contributed by atoms with Crippen molar-refractivity contribution in [1.29, 1.82) is 0 Å². The van der Waals surface area contributed by atoms with Gasteiger partial charge in [-0.05, 0) is 59.4 Å². The number of aromatic nitrogens is 3. The molecule has 1 aliphatic heterocycles. The van der Waals surface area contributed by atoms with E-state index < -0.39 is 0 Å². The SMILES string of the molecule is C/C=C(\C=C/CC)c1cn[nH]c1.CC1(C)c2ccccc2-c2ccc3c([nH]c4c5c(ccc43)Sc3ccccc3S5)c21. The molecule has 4 aromatic carbocycles. The number of nitrogens with one attached hydrogen (secondary N) is 2. The fourth-order valence-corrected chi connectivity index (χ4v) is 8.66. The molecular weight excluding hydrogens is 551 g/mol. The van der Waals surface area contributed by atoms with Crippen LogP contribution in [0, 0.1) is 0 Å². The van der Waals surface area contributed by atoms with E-state index in [-0.39, 0.29) is 5.41 Å². The summed E-state index contributed by atoms with van der Waals surface area (Å²) in [6.07, 6.45) is 11.1. The first kappa shape index (κ1) is 26.9. The number of H-pyrrole nitrogens is 2. The molecule has 0 spiro atoms. The highest BCUT2D eigenvalue weighted by Crippen LogP contribution is 2.54. The lowest BCUT2D eigenvalue weighted by atomic mass is 9.81. The van der Waals surface area contributed by atoms with Crippen molar-refractivity contribution >= 4 is 50.9 Å². The van der Waals surface area contributed by atoms with Crippen LogP contribution >= 0.6 is 23.5 Å². The Labute approximate surface area is 255 Å². The standard InChI is InChI=1S/C27H19NS2.C10H14N2/c1-27(2)19-8-4-3-7-15(19)16-11-12-17-18-13-14-22-26(25(18)28-24(17)23(16)27)30-21-10-6-5-9-20(21)29-22;1-3-5-6-9(4-2)10-7-11-12-8-10/h3-14,28H,1-2H3;4-8H,3H2,1-2H3,(H,11,12)/b;6-5-,9-4+. The minimum absolute atomic E-state index is 0.0130. The zero-order valence-electron chi connectivity index (χ0n) is 24.3. The molecule has 0 unspecified atom stereocenters. The second kappa shape index (κ2) is 10.7. The van der Waals surface area contributed by atoms with Gasteiger partial charge in [-0.25, -0.2) is 0 Å². The molecule has 208 valence electrons. The van der Waals surface area contributed by atoms with Gasteiger partial charge in [0.15, 0.2) is 0 Å². The molecule has 2 N–H and O–H groups in total. The smallest absolute Gasteiger partial charge is 0.0618 e. The van der Waals surface area contributed by atoms with Crippen LogP contribution in [0.1, 0.15) is 50.8 Å². The van der Waals surface area contributed by atoms with E-state index in [4.69, 9.17) is 0 Å². The molecule has 0 fully saturated rings. The first-order valence-electron chi connectivity index (χ1n) is 14.5. The highest BCUT2D eigenvalue weighted by molar-refractivity contribution is 8.05. The fraction of sp³-hybridized carbons (Fsp3) is 0.162. The Morgan fingerprint density at radius 2 is 1.57 bits per heavy atom. The molecule has 42 heavy (non-hydrogen) atoms. The van der Waals surface area contributed by atoms with Gasteiger partial charge in [-0.2, -0.15) is 5.10 Å². The highest BCUT2D eigenvalue weighted by Gasteiger charge is 2.37. The Hall–Kier alpha value is -3.93. The van der Waals surface area contributed by atoms with Crippen molar-refractivity contribution < 1.29 is 0 Å². The monoisotopic (exact) mass is 583 g/mol. The lowest BCUT2D eigenvalue weighted by Gasteiger charge is -2.22. The van der Waals surface area contributed by atoms with Gasteiger partial charge in [0.2, 0.25) is 0 Å². The predicted octanol–water partition coefficient (Wildman–Crippen LogP) is 11.0. The molecule has 1 aliphatic carbocycles. The molecule has 0 saturated heterocycles. The van der Waals surface area contributed by atoms with Gasteiger partial charge in [0.05, 0.1) is 22.1 Å². The maximum atomic E-state index is 3.90. The van der Waals surface area contributed by atoms with E-state index in [1.807, 2.05) is 42.8 Å². The first-order chi connectivity index (χ1) is 20.5. The number of allylic oxidation sites excluding steroid dienone is 4. The molecule has 2 aliphatic rings. The quantitative estimate of drug-likeness (QED) is 0.203. The van der Waals surface area contributed by atoms with Crippen LogP contribution in [0.15, 0.2) is 123 Å². The van der Waals surface area contributed by atoms with E-state index in [9.17, 15) is 0 Å². The molecule has 5 heteroatoms. The number of benzene rings is 4. The van der Waals surface area contributed by atoms with Gasteiger partial charge in [0, 0.05) is 42.6 Å². The molecule has 2 aromatic heterocycles. The van der Waals surface area contributed by atoms with Crippen LogP contribution in [0.2, 0.25) is 0 Å². The third-order valence-electron chi connectivity index (χ3n) is 8.34. The van der Waals surface area contributed by atoms with Crippen molar-refractivity contribution in [3.8, 4) is 11.1 Å². The average Bonchev–Trinajstić information content (AvgIpc) is 3.73. The van der Waals surface area contributed by atoms with E-state index in [1.165, 1.54) is 69.2 Å². The zero-order chi connectivity index (χ0) is 28.8. The average molecular weight is 584 g/mol. The van der Waals surface area contributed by atoms with Crippen LogP contribution in [0.3, 0.4) is 0 Å². The summed E-state index contributed by atoms with van der Waals surface area (Å²) in [6.45, 7) is 8.87. The van der Waals surface area contributed by atoms with Crippen LogP contribution in [-0.2, 0) is 5.41 Å². The number of hydrogen-bond donors (Lipinski definition) is 2. The van der Waals surface area contributed by atoms with Crippen molar-refractivity contribution in [3.63, 3.8) is 0 Å². The number of nitrogens with zero attached hydrogens (tertiary/aromatic N) is 1. The number of aromatic amines is 2. The van der Waals surface area contributed by atoms with E-state index >= 15 is 0 Å². The summed E-state index contributed by atoms with van der Waals surface area (Å²) in [5.74, 6) is 0. The Morgan fingerprint density at radius 1 is 0.833 bits per heavy atom.